The summed E-state index contributed by atoms with van der Waals surface area (Å²) < 4.78 is 1.77. The van der Waals surface area contributed by atoms with Crippen LogP contribution < -0.4 is 5.32 Å². The third-order valence-corrected chi connectivity index (χ3v) is 7.90. The first-order chi connectivity index (χ1) is 15.0. The number of fused-ring (bicyclic) bond motifs is 3. The second-order valence-electron chi connectivity index (χ2n) is 9.19. The molecule has 31 heavy (non-hydrogen) atoms. The molecule has 0 unspecified atom stereocenters. The van der Waals surface area contributed by atoms with Crippen molar-refractivity contribution in [1.82, 2.24) is 24.9 Å². The van der Waals surface area contributed by atoms with Crippen molar-refractivity contribution in [1.29, 1.82) is 0 Å². The molecule has 7 heteroatoms. The monoisotopic (exact) mass is 435 g/mol. The smallest absolute Gasteiger partial charge is 0.253 e. The Morgan fingerprint density at radius 2 is 2.06 bits per heavy atom. The molecule has 2 heterocycles. The van der Waals surface area contributed by atoms with Gasteiger partial charge in [-0.25, -0.2) is 9.50 Å². The summed E-state index contributed by atoms with van der Waals surface area (Å²) in [5.74, 6) is 3.60. The molecule has 2 fully saturated rings. The third kappa shape index (κ3) is 4.07. The Hall–Kier alpha value is -2.41. The Kier molecular flexibility index (Phi) is 5.46. The molecule has 4 atom stereocenters. The minimum atomic E-state index is 0.0302. The molecule has 6 nitrogen and oxygen atoms in total. The second-order valence-corrected chi connectivity index (χ2v) is 10.1. The Morgan fingerprint density at radius 1 is 1.23 bits per heavy atom. The van der Waals surface area contributed by atoms with Crippen LogP contribution in [-0.2, 0) is 5.75 Å². The number of thioether (sulfide) groups is 1. The molecule has 1 aromatic carbocycles. The summed E-state index contributed by atoms with van der Waals surface area (Å²) in [6.07, 6.45) is 5.35. The maximum Gasteiger partial charge on any atom is 0.253 e. The van der Waals surface area contributed by atoms with Crippen LogP contribution in [0.4, 0.5) is 0 Å². The van der Waals surface area contributed by atoms with E-state index in [0.29, 0.717) is 22.6 Å². The molecule has 0 radical (unpaired) electrons. The van der Waals surface area contributed by atoms with E-state index in [1.165, 1.54) is 37.4 Å². The fourth-order valence-corrected chi connectivity index (χ4v) is 6.34. The van der Waals surface area contributed by atoms with Gasteiger partial charge in [0.1, 0.15) is 0 Å². The second kappa shape index (κ2) is 8.26. The predicted octanol–water partition coefficient (Wildman–Crippen LogP) is 4.59. The van der Waals surface area contributed by atoms with Crippen LogP contribution in [-0.4, -0.2) is 31.5 Å². The summed E-state index contributed by atoms with van der Waals surface area (Å²) >= 11 is 1.54. The van der Waals surface area contributed by atoms with Crippen LogP contribution in [0.2, 0.25) is 0 Å². The van der Waals surface area contributed by atoms with Crippen molar-refractivity contribution in [2.45, 2.75) is 63.4 Å². The van der Waals surface area contributed by atoms with E-state index in [9.17, 15) is 4.79 Å². The van der Waals surface area contributed by atoms with E-state index >= 15 is 0 Å². The van der Waals surface area contributed by atoms with E-state index in [1.54, 1.807) is 4.52 Å². The van der Waals surface area contributed by atoms with Crippen molar-refractivity contribution in [3.05, 3.63) is 52.8 Å². The van der Waals surface area contributed by atoms with Gasteiger partial charge in [-0.1, -0.05) is 36.4 Å². The van der Waals surface area contributed by atoms with E-state index in [0.717, 1.165) is 34.4 Å². The Bertz CT molecular complexity index is 1130. The van der Waals surface area contributed by atoms with Crippen molar-refractivity contribution >= 4 is 23.4 Å². The number of aryl methyl sites for hydroxylation is 2. The molecule has 1 amide bonds. The van der Waals surface area contributed by atoms with Crippen LogP contribution in [0.5, 0.6) is 0 Å². The lowest BCUT2D eigenvalue weighted by molar-refractivity contribution is 0.0914. The lowest BCUT2D eigenvalue weighted by Crippen LogP contribution is -2.40. The molecular weight excluding hydrogens is 406 g/mol. The number of amides is 1. The molecule has 5 rings (SSSR count). The summed E-state index contributed by atoms with van der Waals surface area (Å²) in [5, 5.41) is 8.55. The van der Waals surface area contributed by atoms with Crippen LogP contribution in [0.25, 0.3) is 5.78 Å². The van der Waals surface area contributed by atoms with Crippen LogP contribution in [0, 0.1) is 31.6 Å². The number of rotatable bonds is 6. The molecule has 162 valence electrons. The summed E-state index contributed by atoms with van der Waals surface area (Å²) in [4.78, 5) is 22.1. The van der Waals surface area contributed by atoms with E-state index < -0.39 is 0 Å². The Balaban J connectivity index is 1.28. The molecular formula is C24H29N5OS. The maximum atomic E-state index is 13.1. The van der Waals surface area contributed by atoms with E-state index in [4.69, 9.17) is 0 Å². The van der Waals surface area contributed by atoms with Gasteiger partial charge < -0.3 is 5.32 Å². The lowest BCUT2D eigenvalue weighted by Gasteiger charge is -2.28. The zero-order chi connectivity index (χ0) is 21.5. The molecule has 0 spiro atoms. The highest BCUT2D eigenvalue weighted by molar-refractivity contribution is 7.98. The zero-order valence-corrected chi connectivity index (χ0v) is 19.2. The van der Waals surface area contributed by atoms with Gasteiger partial charge in [0.05, 0.1) is 0 Å². The van der Waals surface area contributed by atoms with Gasteiger partial charge in [-0.05, 0) is 75.5 Å². The van der Waals surface area contributed by atoms with E-state index in [2.05, 4.69) is 27.3 Å². The number of nitrogens with zero attached hydrogens (tertiary/aromatic N) is 4. The average molecular weight is 436 g/mol. The number of nitrogens with one attached hydrogen (secondary N) is 1. The zero-order valence-electron chi connectivity index (χ0n) is 18.3. The van der Waals surface area contributed by atoms with Crippen molar-refractivity contribution in [2.75, 3.05) is 0 Å². The quantitative estimate of drug-likeness (QED) is 0.574. The van der Waals surface area contributed by atoms with Crippen molar-refractivity contribution < 1.29 is 4.79 Å². The molecule has 3 aromatic rings. The highest BCUT2D eigenvalue weighted by atomic mass is 32.2. The molecule has 0 saturated heterocycles. The van der Waals surface area contributed by atoms with Crippen LogP contribution >= 0.6 is 11.8 Å². The minimum Gasteiger partial charge on any atom is -0.349 e. The van der Waals surface area contributed by atoms with E-state index in [-0.39, 0.29) is 11.9 Å². The molecule has 2 aliphatic carbocycles. The van der Waals surface area contributed by atoms with Gasteiger partial charge in [0.2, 0.25) is 5.16 Å². The summed E-state index contributed by atoms with van der Waals surface area (Å²) in [7, 11) is 0. The third-order valence-electron chi connectivity index (χ3n) is 7.01. The number of hydrogen-bond donors (Lipinski definition) is 1. The van der Waals surface area contributed by atoms with Crippen LogP contribution in [0.1, 0.15) is 59.9 Å². The van der Waals surface area contributed by atoms with Crippen molar-refractivity contribution in [3.8, 4) is 0 Å². The number of aromatic nitrogens is 4. The summed E-state index contributed by atoms with van der Waals surface area (Å²) in [6.45, 7) is 6.14. The van der Waals surface area contributed by atoms with Gasteiger partial charge in [-0.15, -0.1) is 5.10 Å². The molecule has 2 bridgehead atoms. The fourth-order valence-electron chi connectivity index (χ4n) is 5.52. The minimum absolute atomic E-state index is 0.0302. The molecule has 1 N–H and O–H groups in total. The molecule has 2 saturated carbocycles. The predicted molar refractivity (Wildman–Crippen MR) is 122 cm³/mol. The van der Waals surface area contributed by atoms with Gasteiger partial charge in [0.25, 0.3) is 11.7 Å². The first-order valence-corrected chi connectivity index (χ1v) is 12.2. The summed E-state index contributed by atoms with van der Waals surface area (Å²) in [6, 6.07) is 10.1. The normalized spacial score (nSPS) is 23.4. The first kappa shape index (κ1) is 20.5. The Morgan fingerprint density at radius 3 is 2.84 bits per heavy atom. The van der Waals surface area contributed by atoms with Crippen LogP contribution in [0.3, 0.4) is 0 Å². The van der Waals surface area contributed by atoms with Crippen LogP contribution in [0.15, 0.2) is 35.5 Å². The van der Waals surface area contributed by atoms with Gasteiger partial charge in [0.15, 0.2) is 0 Å². The van der Waals surface area contributed by atoms with Crippen molar-refractivity contribution in [2.24, 2.45) is 17.8 Å². The van der Waals surface area contributed by atoms with Gasteiger partial charge >= 0.3 is 0 Å². The lowest BCUT2D eigenvalue weighted by atomic mass is 9.84. The standard InChI is InChI=1S/C24H29N5OS/c1-14-10-15(2)29-23(25-14)27-24(28-29)31-13-19-6-4-5-7-20(19)22(30)26-16(3)21-12-17-8-9-18(21)11-17/h4-7,10,16-18,21H,8-9,11-13H2,1-3H3,(H,26,30)/t16-,17+,18+,21+/m1/s1. The number of hydrogen-bond acceptors (Lipinski definition) is 5. The summed E-state index contributed by atoms with van der Waals surface area (Å²) in [5.41, 5.74) is 3.69. The molecule has 2 aromatic heterocycles. The van der Waals surface area contributed by atoms with Gasteiger partial charge in [-0.3, -0.25) is 4.79 Å². The highest BCUT2D eigenvalue weighted by Gasteiger charge is 2.42. The molecule has 2 aliphatic rings. The van der Waals surface area contributed by atoms with Crippen molar-refractivity contribution in [3.63, 3.8) is 0 Å². The topological polar surface area (TPSA) is 72.2 Å². The number of benzene rings is 1. The maximum absolute atomic E-state index is 13.1. The largest absolute Gasteiger partial charge is 0.349 e. The fraction of sp³-hybridized carbons (Fsp3) is 0.500. The Labute approximate surface area is 187 Å². The first-order valence-electron chi connectivity index (χ1n) is 11.2. The van der Waals surface area contributed by atoms with Gasteiger partial charge in [0, 0.05) is 28.7 Å². The average Bonchev–Trinajstić information content (AvgIpc) is 3.48. The van der Waals surface area contributed by atoms with E-state index in [1.807, 2.05) is 44.2 Å². The SMILES string of the molecule is Cc1cc(C)n2nc(SCc3ccccc3C(=O)N[C@H](C)[C@@H]3C[C@H]4CC[C@H]3C4)nc2n1. The molecule has 0 aliphatic heterocycles. The number of carbonyl (C=O) groups is 1. The highest BCUT2D eigenvalue weighted by Crippen LogP contribution is 2.49. The number of carbonyl (C=O) groups excluding carboxylic acids is 1. The van der Waals surface area contributed by atoms with Gasteiger partial charge in [-0.2, -0.15) is 4.98 Å².